The van der Waals surface area contributed by atoms with Crippen LogP contribution in [0.25, 0.3) is 10.2 Å². The van der Waals surface area contributed by atoms with Gasteiger partial charge in [-0.3, -0.25) is 19.1 Å². The van der Waals surface area contributed by atoms with Gasteiger partial charge in [0, 0.05) is 4.88 Å². The molecule has 0 radical (unpaired) electrons. The number of carbonyl (C=O) groups is 1. The van der Waals surface area contributed by atoms with E-state index in [4.69, 9.17) is 0 Å². The first-order valence-corrected chi connectivity index (χ1v) is 8.22. The Labute approximate surface area is 136 Å². The summed E-state index contributed by atoms with van der Waals surface area (Å²) in [6.07, 6.45) is 0. The van der Waals surface area contributed by atoms with Crippen molar-refractivity contribution in [1.29, 1.82) is 0 Å². The van der Waals surface area contributed by atoms with Crippen molar-refractivity contribution in [3.63, 3.8) is 0 Å². The largest absolute Gasteiger partial charge is 0.276 e. The van der Waals surface area contributed by atoms with Gasteiger partial charge in [0.1, 0.15) is 11.4 Å². The van der Waals surface area contributed by atoms with Crippen LogP contribution in [0.3, 0.4) is 0 Å². The van der Waals surface area contributed by atoms with E-state index >= 15 is 0 Å². The van der Waals surface area contributed by atoms with Crippen LogP contribution in [0.2, 0.25) is 0 Å². The molecule has 1 aliphatic heterocycles. The number of nitrogens with zero attached hydrogens (tertiary/aromatic N) is 3. The van der Waals surface area contributed by atoms with Crippen LogP contribution in [0.1, 0.15) is 16.0 Å². The van der Waals surface area contributed by atoms with E-state index in [2.05, 4.69) is 4.98 Å². The Bertz CT molecular complexity index is 988. The van der Waals surface area contributed by atoms with Gasteiger partial charge >= 0.3 is 0 Å². The Morgan fingerprint density at radius 3 is 2.65 bits per heavy atom. The van der Waals surface area contributed by atoms with Crippen molar-refractivity contribution in [2.75, 3.05) is 4.90 Å². The monoisotopic (exact) mass is 325 g/mol. The van der Waals surface area contributed by atoms with Crippen LogP contribution in [0.15, 0.2) is 35.1 Å². The lowest BCUT2D eigenvalue weighted by atomic mass is 10.2. The predicted octanol–water partition coefficient (Wildman–Crippen LogP) is 2.62. The van der Waals surface area contributed by atoms with Gasteiger partial charge in [0.15, 0.2) is 0 Å². The molecule has 0 spiro atoms. The van der Waals surface area contributed by atoms with Crippen LogP contribution in [-0.4, -0.2) is 15.5 Å². The number of amides is 1. The summed E-state index contributed by atoms with van der Waals surface area (Å²) in [4.78, 5) is 33.1. The topological polar surface area (TPSA) is 55.2 Å². The molecule has 0 saturated heterocycles. The molecule has 0 N–H and O–H groups in total. The number of hydrogen-bond donors (Lipinski definition) is 0. The molecular formula is C17H15N3O2S. The van der Waals surface area contributed by atoms with Crippen molar-refractivity contribution in [2.45, 2.75) is 26.9 Å². The minimum Gasteiger partial charge on any atom is -0.276 e. The molecule has 1 aliphatic rings. The fourth-order valence-electron chi connectivity index (χ4n) is 2.92. The molecule has 3 aromatic rings. The Morgan fingerprint density at radius 2 is 1.91 bits per heavy atom. The highest BCUT2D eigenvalue weighted by Crippen LogP contribution is 2.30. The summed E-state index contributed by atoms with van der Waals surface area (Å²) in [6.45, 7) is 4.42. The molecule has 0 aliphatic carbocycles. The first kappa shape index (κ1) is 14.1. The van der Waals surface area contributed by atoms with E-state index in [1.54, 1.807) is 4.90 Å². The lowest BCUT2D eigenvalue weighted by Crippen LogP contribution is -2.26. The Hall–Kier alpha value is -2.47. The maximum atomic E-state index is 12.7. The molecule has 5 nitrogen and oxygen atoms in total. The molecule has 1 amide bonds. The third-order valence-electron chi connectivity index (χ3n) is 4.29. The number of anilines is 1. The molecule has 1 aromatic carbocycles. The highest BCUT2D eigenvalue weighted by molar-refractivity contribution is 7.18. The number of hydrogen-bond acceptors (Lipinski definition) is 4. The summed E-state index contributed by atoms with van der Waals surface area (Å²) < 4.78 is 1.49. The molecule has 116 valence electrons. The molecule has 4 rings (SSSR count). The number of benzene rings is 1. The normalized spacial score (nSPS) is 13.8. The third kappa shape index (κ3) is 2.09. The van der Waals surface area contributed by atoms with Crippen molar-refractivity contribution in [1.82, 2.24) is 9.55 Å². The number of carbonyl (C=O) groups excluding carboxylic acids is 1. The Balaban J connectivity index is 1.87. The van der Waals surface area contributed by atoms with Gasteiger partial charge in [-0.1, -0.05) is 30.3 Å². The van der Waals surface area contributed by atoms with E-state index in [0.29, 0.717) is 22.7 Å². The fraction of sp³-hybridized carbons (Fsp3) is 0.235. The van der Waals surface area contributed by atoms with Gasteiger partial charge in [0.25, 0.3) is 5.56 Å². The van der Waals surface area contributed by atoms with Crippen LogP contribution < -0.4 is 10.5 Å². The van der Waals surface area contributed by atoms with E-state index in [1.807, 2.05) is 44.2 Å². The molecule has 23 heavy (non-hydrogen) atoms. The molecule has 6 heteroatoms. The Kier molecular flexibility index (Phi) is 3.09. The van der Waals surface area contributed by atoms with E-state index < -0.39 is 0 Å². The standard InChI is InChI=1S/C17H15N3O2S/c1-10-11(2)23-15-14(10)16(22)20-9-13(21)19(17(20)18-15)8-12-6-4-3-5-7-12/h3-7H,8-9H2,1-2H3. The van der Waals surface area contributed by atoms with E-state index in [9.17, 15) is 9.59 Å². The first-order chi connectivity index (χ1) is 11.1. The van der Waals surface area contributed by atoms with Crippen LogP contribution in [0.5, 0.6) is 0 Å². The van der Waals surface area contributed by atoms with Crippen molar-refractivity contribution >= 4 is 33.4 Å². The van der Waals surface area contributed by atoms with E-state index in [0.717, 1.165) is 16.0 Å². The molecule has 0 bridgehead atoms. The fourth-order valence-corrected chi connectivity index (χ4v) is 3.94. The minimum atomic E-state index is -0.115. The van der Waals surface area contributed by atoms with Crippen LogP contribution >= 0.6 is 11.3 Å². The molecule has 0 saturated carbocycles. The second-order valence-corrected chi connectivity index (χ2v) is 6.94. The smallest absolute Gasteiger partial charge is 0.264 e. The van der Waals surface area contributed by atoms with Gasteiger partial charge in [-0.15, -0.1) is 11.3 Å². The summed E-state index contributed by atoms with van der Waals surface area (Å²) >= 11 is 1.51. The quantitative estimate of drug-likeness (QED) is 0.728. The van der Waals surface area contributed by atoms with Crippen molar-refractivity contribution in [3.8, 4) is 0 Å². The average molecular weight is 325 g/mol. The molecular weight excluding hydrogens is 310 g/mol. The van der Waals surface area contributed by atoms with Crippen molar-refractivity contribution < 1.29 is 4.79 Å². The van der Waals surface area contributed by atoms with Gasteiger partial charge in [0.05, 0.1) is 11.9 Å². The highest BCUT2D eigenvalue weighted by atomic mass is 32.1. The predicted molar refractivity (Wildman–Crippen MR) is 91.0 cm³/mol. The Morgan fingerprint density at radius 1 is 1.17 bits per heavy atom. The molecule has 0 atom stereocenters. The van der Waals surface area contributed by atoms with Gasteiger partial charge in [0.2, 0.25) is 11.9 Å². The summed E-state index contributed by atoms with van der Waals surface area (Å²) in [5.41, 5.74) is 1.87. The second kappa shape index (κ2) is 5.03. The lowest BCUT2D eigenvalue weighted by Gasteiger charge is -2.15. The second-order valence-electron chi connectivity index (χ2n) is 5.73. The summed E-state index contributed by atoms with van der Waals surface area (Å²) in [5.74, 6) is 0.364. The molecule has 2 aromatic heterocycles. The zero-order chi connectivity index (χ0) is 16.1. The number of fused-ring (bicyclic) bond motifs is 2. The maximum Gasteiger partial charge on any atom is 0.264 e. The lowest BCUT2D eigenvalue weighted by molar-refractivity contribution is -0.118. The first-order valence-electron chi connectivity index (χ1n) is 7.41. The molecule has 0 fully saturated rings. The van der Waals surface area contributed by atoms with Crippen LogP contribution in [-0.2, 0) is 17.9 Å². The number of aromatic nitrogens is 2. The summed E-state index contributed by atoms with van der Waals surface area (Å²) in [7, 11) is 0. The van der Waals surface area contributed by atoms with Gasteiger partial charge in [-0.2, -0.15) is 0 Å². The highest BCUT2D eigenvalue weighted by Gasteiger charge is 2.31. The average Bonchev–Trinajstić information content (AvgIpc) is 3.00. The number of aryl methyl sites for hydroxylation is 2. The minimum absolute atomic E-state index is 0.0677. The van der Waals surface area contributed by atoms with Crippen LogP contribution in [0.4, 0.5) is 5.95 Å². The van der Waals surface area contributed by atoms with E-state index in [1.165, 1.54) is 15.9 Å². The van der Waals surface area contributed by atoms with Crippen molar-refractivity contribution in [3.05, 3.63) is 56.7 Å². The molecule has 3 heterocycles. The van der Waals surface area contributed by atoms with E-state index in [-0.39, 0.29) is 18.0 Å². The van der Waals surface area contributed by atoms with Gasteiger partial charge < -0.3 is 0 Å². The number of rotatable bonds is 2. The van der Waals surface area contributed by atoms with Gasteiger partial charge in [-0.25, -0.2) is 4.98 Å². The van der Waals surface area contributed by atoms with Crippen LogP contribution in [0, 0.1) is 13.8 Å². The third-order valence-corrected chi connectivity index (χ3v) is 5.39. The molecule has 0 unspecified atom stereocenters. The zero-order valence-electron chi connectivity index (χ0n) is 12.9. The SMILES string of the molecule is Cc1sc2nc3n(c(=O)c2c1C)CC(=O)N3Cc1ccccc1. The zero-order valence-corrected chi connectivity index (χ0v) is 13.7. The summed E-state index contributed by atoms with van der Waals surface area (Å²) in [5, 5.41) is 0.644. The van der Waals surface area contributed by atoms with Crippen molar-refractivity contribution in [2.24, 2.45) is 0 Å². The number of thiophene rings is 1. The van der Waals surface area contributed by atoms with Gasteiger partial charge in [-0.05, 0) is 25.0 Å². The summed E-state index contributed by atoms with van der Waals surface area (Å²) in [6, 6.07) is 9.74. The maximum absolute atomic E-state index is 12.7.